The number of aromatic nitrogens is 2. The molecule has 1 N–H and O–H groups in total. The molecule has 0 aliphatic carbocycles. The molecule has 2 heterocycles. The van der Waals surface area contributed by atoms with E-state index in [-0.39, 0.29) is 58.9 Å². The molecule has 6 aromatic rings. The van der Waals surface area contributed by atoms with E-state index in [4.69, 9.17) is 23.3 Å². The number of methoxy groups -OCH3 is 2. The maximum atomic E-state index is 13.1. The van der Waals surface area contributed by atoms with Crippen molar-refractivity contribution in [2.24, 2.45) is 0 Å². The molecule has 20 heteroatoms. The summed E-state index contributed by atoms with van der Waals surface area (Å²) < 4.78 is 110. The summed E-state index contributed by atoms with van der Waals surface area (Å²) >= 11 is 2.15. The molecule has 0 amide bonds. The van der Waals surface area contributed by atoms with E-state index in [0.717, 1.165) is 24.2 Å². The van der Waals surface area contributed by atoms with Crippen molar-refractivity contribution in [2.45, 2.75) is 64.7 Å². The molecule has 0 fully saturated rings. The third kappa shape index (κ3) is 14.9. The first-order valence-corrected chi connectivity index (χ1v) is 22.7. The number of fused-ring (bicyclic) bond motifs is 2. The topological polar surface area (TPSA) is 138 Å². The van der Waals surface area contributed by atoms with Gasteiger partial charge in [-0.1, -0.05) is 59.6 Å². The van der Waals surface area contributed by atoms with Crippen molar-refractivity contribution in [3.05, 3.63) is 106 Å². The molecule has 12 nitrogen and oxygen atoms in total. The van der Waals surface area contributed by atoms with Crippen molar-refractivity contribution in [1.82, 2.24) is 10.3 Å². The smallest absolute Gasteiger partial charge is 1.00 e. The average molecular weight is 1050 g/mol. The van der Waals surface area contributed by atoms with Crippen LogP contribution in [0.25, 0.3) is 21.9 Å². The summed E-state index contributed by atoms with van der Waals surface area (Å²) in [4.78, 5) is 27.0. The molecule has 0 spiro atoms. The van der Waals surface area contributed by atoms with Crippen LogP contribution in [-0.2, 0) is 34.7 Å². The third-order valence-electron chi connectivity index (χ3n) is 9.78. The van der Waals surface area contributed by atoms with Gasteiger partial charge in [0.05, 0.1) is 49.3 Å². The third-order valence-corrected chi connectivity index (χ3v) is 9.78. The van der Waals surface area contributed by atoms with Gasteiger partial charge in [-0.2, -0.15) is 26.3 Å². The number of nitrogens with zero attached hydrogens (tertiary/aromatic N) is 3. The van der Waals surface area contributed by atoms with Crippen LogP contribution in [-0.4, -0.2) is 74.8 Å². The molecule has 6 rings (SSSR count). The molecule has 0 aliphatic rings. The molecule has 0 atom stereocenters. The number of hydrogen-bond donors (Lipinski definition) is 1. The standard InChI is InChI=1S/C23H25F3N2O4.C22H23F3N2O4.CH3I.Na.H/c1-4-6-17-19(12-11-18-20(17)32-27-21(18)23(24,25)26)31-14-5-13-28(2)16-9-7-15(8-10-16)22(29)30-3;1-3-5-16-18(11-10-17-19(16)31-27-20(17)22(23,24)25)30-13-4-12-26-15-8-6-14(7-9-15)21(28)29-2;1-2;;/h7-12H,4-6,13-14H2,1-3H3;6-11,26H,3-5,12-13H2,1-2H3;1H3;;/q;;;+1;-1. The fraction of sp³-hybridized carbons (Fsp3) is 0.391. The number of anilines is 2. The fourth-order valence-corrected chi connectivity index (χ4v) is 6.65. The Labute approximate surface area is 415 Å². The van der Waals surface area contributed by atoms with Gasteiger partial charge in [0, 0.05) is 42.6 Å². The van der Waals surface area contributed by atoms with Gasteiger partial charge in [0.1, 0.15) is 11.5 Å². The van der Waals surface area contributed by atoms with E-state index in [1.165, 1.54) is 26.4 Å². The summed E-state index contributed by atoms with van der Waals surface area (Å²) in [5.74, 6) is 0.228. The van der Waals surface area contributed by atoms with Crippen molar-refractivity contribution >= 4 is 67.8 Å². The Morgan fingerprint density at radius 3 is 1.52 bits per heavy atom. The number of ether oxygens (including phenoxy) is 4. The maximum absolute atomic E-state index is 13.1. The van der Waals surface area contributed by atoms with Crippen LogP contribution in [0.1, 0.15) is 84.2 Å². The molecule has 2 aromatic heterocycles. The minimum Gasteiger partial charge on any atom is -1.00 e. The number of carbonyl (C=O) groups excluding carboxylic acids is 2. The zero-order valence-electron chi connectivity index (χ0n) is 38.8. The number of esters is 2. The van der Waals surface area contributed by atoms with Crippen molar-refractivity contribution < 1.29 is 94.9 Å². The Hall–Kier alpha value is -4.73. The van der Waals surface area contributed by atoms with Gasteiger partial charge in [-0.3, -0.25) is 0 Å². The van der Waals surface area contributed by atoms with Gasteiger partial charge in [0.2, 0.25) is 0 Å². The summed E-state index contributed by atoms with van der Waals surface area (Å²) in [6.07, 6.45) is -5.32. The summed E-state index contributed by atoms with van der Waals surface area (Å²) in [6, 6.07) is 19.7. The molecule has 0 radical (unpaired) electrons. The molecule has 0 saturated heterocycles. The Morgan fingerprint density at radius 2 is 1.11 bits per heavy atom. The van der Waals surface area contributed by atoms with Crippen LogP contribution in [0.2, 0.25) is 0 Å². The second-order valence-electron chi connectivity index (χ2n) is 14.3. The minimum atomic E-state index is -4.57. The van der Waals surface area contributed by atoms with Gasteiger partial charge in [-0.05, 0) is 103 Å². The number of hydrogen-bond acceptors (Lipinski definition) is 12. The van der Waals surface area contributed by atoms with Crippen molar-refractivity contribution in [1.29, 1.82) is 0 Å². The number of aryl methyl sites for hydroxylation is 2. The summed E-state index contributed by atoms with van der Waals surface area (Å²) in [6.45, 7) is 5.92. The molecule has 0 aliphatic heterocycles. The predicted octanol–water partition coefficient (Wildman–Crippen LogP) is 9.13. The molecular formula is C46H52F6IN4NaO8. The van der Waals surface area contributed by atoms with E-state index < -0.39 is 29.7 Å². The first kappa shape index (κ1) is 55.6. The number of benzene rings is 4. The Morgan fingerprint density at radius 1 is 0.682 bits per heavy atom. The van der Waals surface area contributed by atoms with Gasteiger partial charge in [-0.15, -0.1) is 0 Å². The van der Waals surface area contributed by atoms with E-state index in [0.29, 0.717) is 85.7 Å². The Kier molecular flexibility index (Phi) is 22.4. The summed E-state index contributed by atoms with van der Waals surface area (Å²) in [7, 11) is 4.59. The zero-order valence-corrected chi connectivity index (χ0v) is 41.9. The van der Waals surface area contributed by atoms with Gasteiger partial charge in [0.15, 0.2) is 22.6 Å². The summed E-state index contributed by atoms with van der Waals surface area (Å²) in [5.41, 5.74) is 2.13. The van der Waals surface area contributed by atoms with Gasteiger partial charge in [-0.25, -0.2) is 9.59 Å². The fourth-order valence-electron chi connectivity index (χ4n) is 6.65. The van der Waals surface area contributed by atoms with Crippen LogP contribution in [0.4, 0.5) is 37.7 Å². The number of carbonyl (C=O) groups is 2. The van der Waals surface area contributed by atoms with E-state index in [1.807, 2.05) is 42.9 Å². The van der Waals surface area contributed by atoms with Crippen LogP contribution in [0.15, 0.2) is 81.8 Å². The monoisotopic (exact) mass is 1050 g/mol. The normalized spacial score (nSPS) is 11.1. The maximum Gasteiger partial charge on any atom is 1.00 e. The number of rotatable bonds is 18. The molecular weight excluding hydrogens is 1000 g/mol. The molecule has 4 aromatic carbocycles. The van der Waals surface area contributed by atoms with E-state index in [2.05, 4.69) is 43.0 Å². The van der Waals surface area contributed by atoms with Crippen LogP contribution in [0, 0.1) is 0 Å². The van der Waals surface area contributed by atoms with Crippen molar-refractivity contribution in [2.75, 3.05) is 62.7 Å². The second kappa shape index (κ2) is 26.6. The average Bonchev–Trinajstić information content (AvgIpc) is 3.96. The first-order chi connectivity index (χ1) is 31.1. The van der Waals surface area contributed by atoms with Gasteiger partial charge in [0.25, 0.3) is 0 Å². The van der Waals surface area contributed by atoms with Crippen LogP contribution in [0.5, 0.6) is 11.5 Å². The van der Waals surface area contributed by atoms with Crippen LogP contribution in [0.3, 0.4) is 0 Å². The number of halogens is 7. The van der Waals surface area contributed by atoms with Crippen LogP contribution >= 0.6 is 22.6 Å². The SMILES string of the molecule is CCCc1c(OCCCN(C)c2ccc(C(=O)OC)cc2)ccc2c(C(F)(F)F)noc12.CCCc1c(OCCCNc2ccc(C(=O)OC)cc2)ccc2c(C(F)(F)F)noc12.CI.[H-].[Na+]. The minimum absolute atomic E-state index is 0. The first-order valence-electron chi connectivity index (χ1n) is 20.5. The number of nitrogens with one attached hydrogen (secondary N) is 1. The quantitative estimate of drug-likeness (QED) is 0.0220. The largest absolute Gasteiger partial charge is 1.00 e. The van der Waals surface area contributed by atoms with Gasteiger partial charge < -0.3 is 39.6 Å². The van der Waals surface area contributed by atoms with E-state index in [9.17, 15) is 35.9 Å². The molecule has 0 bridgehead atoms. The zero-order chi connectivity index (χ0) is 47.7. The van der Waals surface area contributed by atoms with Crippen molar-refractivity contribution in [3.8, 4) is 11.5 Å². The van der Waals surface area contributed by atoms with E-state index in [1.54, 1.807) is 48.5 Å². The van der Waals surface area contributed by atoms with Crippen molar-refractivity contribution in [3.63, 3.8) is 0 Å². The second-order valence-corrected chi connectivity index (χ2v) is 14.3. The predicted molar refractivity (Wildman–Crippen MR) is 245 cm³/mol. The molecule has 66 heavy (non-hydrogen) atoms. The summed E-state index contributed by atoms with van der Waals surface area (Å²) in [5, 5.41) is 9.57. The number of alkyl halides is 7. The molecule has 0 saturated carbocycles. The van der Waals surface area contributed by atoms with Gasteiger partial charge >= 0.3 is 53.8 Å². The van der Waals surface area contributed by atoms with Crippen LogP contribution < -0.4 is 49.2 Å². The Balaban J connectivity index is 0.000000431. The van der Waals surface area contributed by atoms with E-state index >= 15 is 0 Å². The Bertz CT molecular complexity index is 2450. The molecule has 0 unspecified atom stereocenters. The molecule has 354 valence electrons.